The number of nitrogens with zero attached hydrogens (tertiary/aromatic N) is 5. The minimum atomic E-state index is -3.45. The fourth-order valence-electron chi connectivity index (χ4n) is 3.39. The van der Waals surface area contributed by atoms with Crippen LogP contribution in [0.3, 0.4) is 0 Å². The van der Waals surface area contributed by atoms with Gasteiger partial charge in [-0.2, -0.15) is 9.40 Å². The number of sulfonamides is 1. The van der Waals surface area contributed by atoms with Crippen LogP contribution in [0, 0.1) is 13.8 Å². The molecule has 8 heteroatoms. The number of hydrogen-bond acceptors (Lipinski definition) is 5. The van der Waals surface area contributed by atoms with E-state index in [9.17, 15) is 8.42 Å². The van der Waals surface area contributed by atoms with Crippen LogP contribution in [-0.4, -0.2) is 58.6 Å². The zero-order chi connectivity index (χ0) is 18.7. The molecule has 0 aliphatic carbocycles. The molecule has 1 fully saturated rings. The van der Waals surface area contributed by atoms with E-state index in [-0.39, 0.29) is 4.90 Å². The van der Waals surface area contributed by atoms with Gasteiger partial charge in [-0.1, -0.05) is 6.92 Å². The van der Waals surface area contributed by atoms with E-state index in [1.165, 1.54) is 17.5 Å². The van der Waals surface area contributed by atoms with E-state index in [2.05, 4.69) is 40.4 Å². The van der Waals surface area contributed by atoms with Gasteiger partial charge >= 0.3 is 0 Å². The molecule has 0 N–H and O–H groups in total. The lowest BCUT2D eigenvalue weighted by Gasteiger charge is -2.34. The highest BCUT2D eigenvalue weighted by atomic mass is 32.2. The van der Waals surface area contributed by atoms with Gasteiger partial charge in [0.15, 0.2) is 0 Å². The second-order valence-corrected chi connectivity index (χ2v) is 8.68. The third kappa shape index (κ3) is 3.82. The Bertz CT molecular complexity index is 840. The van der Waals surface area contributed by atoms with Crippen LogP contribution in [0.25, 0.3) is 0 Å². The second kappa shape index (κ2) is 7.85. The molecule has 0 amide bonds. The van der Waals surface area contributed by atoms with Crippen LogP contribution in [0.4, 0.5) is 0 Å². The molecule has 0 spiro atoms. The highest BCUT2D eigenvalue weighted by molar-refractivity contribution is 7.89. The number of rotatable bonds is 6. The third-order valence-corrected chi connectivity index (χ3v) is 6.83. The van der Waals surface area contributed by atoms with E-state index < -0.39 is 10.0 Å². The SMILES string of the molecule is CCCn1nc(C)c(CN2CCN(S(=O)(=O)c3cccnc3)CC2)c1C. The molecule has 142 valence electrons. The summed E-state index contributed by atoms with van der Waals surface area (Å²) in [6, 6.07) is 3.26. The summed E-state index contributed by atoms with van der Waals surface area (Å²) in [5, 5.41) is 4.64. The molecule has 0 aromatic carbocycles. The predicted octanol–water partition coefficient (Wildman–Crippen LogP) is 1.81. The Morgan fingerprint density at radius 1 is 1.15 bits per heavy atom. The Morgan fingerprint density at radius 3 is 2.50 bits per heavy atom. The van der Waals surface area contributed by atoms with Gasteiger partial charge in [-0.3, -0.25) is 14.6 Å². The maximum Gasteiger partial charge on any atom is 0.244 e. The van der Waals surface area contributed by atoms with Crippen LogP contribution in [0.5, 0.6) is 0 Å². The molecule has 26 heavy (non-hydrogen) atoms. The number of hydrogen-bond donors (Lipinski definition) is 0. The summed E-state index contributed by atoms with van der Waals surface area (Å²) in [5.41, 5.74) is 3.55. The standard InChI is InChI=1S/C18H27N5O2S/c1-4-8-23-16(3)18(15(2)20-23)14-21-9-11-22(12-10-21)26(24,25)17-6-5-7-19-13-17/h5-7,13H,4,8-12,14H2,1-3H3. The highest BCUT2D eigenvalue weighted by Crippen LogP contribution is 2.20. The summed E-state index contributed by atoms with van der Waals surface area (Å²) in [4.78, 5) is 6.50. The van der Waals surface area contributed by atoms with Crippen molar-refractivity contribution in [3.63, 3.8) is 0 Å². The molecule has 0 saturated carbocycles. The Kier molecular flexibility index (Phi) is 5.74. The number of pyridine rings is 1. The summed E-state index contributed by atoms with van der Waals surface area (Å²) < 4.78 is 29.0. The van der Waals surface area contributed by atoms with Crippen LogP contribution in [0.15, 0.2) is 29.4 Å². The van der Waals surface area contributed by atoms with Crippen molar-refractivity contribution in [2.75, 3.05) is 26.2 Å². The Hall–Kier alpha value is -1.77. The van der Waals surface area contributed by atoms with Gasteiger partial charge in [0, 0.05) is 62.9 Å². The molecule has 0 atom stereocenters. The normalized spacial score (nSPS) is 16.9. The van der Waals surface area contributed by atoms with Gasteiger partial charge in [0.1, 0.15) is 4.90 Å². The van der Waals surface area contributed by atoms with Crippen LogP contribution in [0.1, 0.15) is 30.3 Å². The quantitative estimate of drug-likeness (QED) is 0.768. The molecule has 1 aliphatic rings. The maximum absolute atomic E-state index is 12.7. The fourth-order valence-corrected chi connectivity index (χ4v) is 4.78. The fraction of sp³-hybridized carbons (Fsp3) is 0.556. The Labute approximate surface area is 155 Å². The molecular weight excluding hydrogens is 350 g/mol. The first-order valence-corrected chi connectivity index (χ1v) is 10.5. The van der Waals surface area contributed by atoms with Crippen LogP contribution >= 0.6 is 0 Å². The zero-order valence-corrected chi connectivity index (χ0v) is 16.5. The van der Waals surface area contributed by atoms with E-state index in [1.807, 2.05) is 0 Å². The molecule has 7 nitrogen and oxygen atoms in total. The number of aryl methyl sites for hydroxylation is 2. The first-order chi connectivity index (χ1) is 12.4. The van der Waals surface area contributed by atoms with Crippen molar-refractivity contribution in [1.29, 1.82) is 0 Å². The largest absolute Gasteiger partial charge is 0.296 e. The van der Waals surface area contributed by atoms with Crippen LogP contribution in [0.2, 0.25) is 0 Å². The molecule has 3 rings (SSSR count). The first-order valence-electron chi connectivity index (χ1n) is 9.09. The minimum absolute atomic E-state index is 0.265. The van der Waals surface area contributed by atoms with Gasteiger partial charge in [0.25, 0.3) is 0 Å². The molecule has 1 saturated heterocycles. The van der Waals surface area contributed by atoms with E-state index in [1.54, 1.807) is 22.6 Å². The first kappa shape index (κ1) is 19.0. The van der Waals surface area contributed by atoms with Crippen molar-refractivity contribution in [2.24, 2.45) is 0 Å². The van der Waals surface area contributed by atoms with Crippen molar-refractivity contribution in [3.05, 3.63) is 41.5 Å². The second-order valence-electron chi connectivity index (χ2n) is 6.74. The third-order valence-electron chi connectivity index (χ3n) is 4.95. The molecular formula is C18H27N5O2S. The average Bonchev–Trinajstić information content (AvgIpc) is 2.91. The van der Waals surface area contributed by atoms with E-state index in [0.717, 1.165) is 38.3 Å². The van der Waals surface area contributed by atoms with Crippen LogP contribution < -0.4 is 0 Å². The smallest absolute Gasteiger partial charge is 0.244 e. The summed E-state index contributed by atoms with van der Waals surface area (Å²) in [7, 11) is -3.45. The monoisotopic (exact) mass is 377 g/mol. The Morgan fingerprint density at radius 2 is 1.88 bits per heavy atom. The zero-order valence-electron chi connectivity index (χ0n) is 15.7. The van der Waals surface area contributed by atoms with Gasteiger partial charge < -0.3 is 0 Å². The van der Waals surface area contributed by atoms with E-state index in [4.69, 9.17) is 0 Å². The predicted molar refractivity (Wildman–Crippen MR) is 100 cm³/mol. The van der Waals surface area contributed by atoms with Gasteiger partial charge in [-0.05, 0) is 32.4 Å². The van der Waals surface area contributed by atoms with E-state index in [0.29, 0.717) is 13.1 Å². The van der Waals surface area contributed by atoms with Gasteiger partial charge in [-0.25, -0.2) is 8.42 Å². The lowest BCUT2D eigenvalue weighted by molar-refractivity contribution is 0.181. The topological polar surface area (TPSA) is 71.3 Å². The van der Waals surface area contributed by atoms with Gasteiger partial charge in [-0.15, -0.1) is 0 Å². The van der Waals surface area contributed by atoms with Crippen LogP contribution in [-0.2, 0) is 23.1 Å². The highest BCUT2D eigenvalue weighted by Gasteiger charge is 2.29. The Balaban J connectivity index is 1.65. The summed E-state index contributed by atoms with van der Waals surface area (Å²) in [6.07, 6.45) is 4.06. The maximum atomic E-state index is 12.7. The summed E-state index contributed by atoms with van der Waals surface area (Å²) >= 11 is 0. The van der Waals surface area contributed by atoms with Crippen molar-refractivity contribution >= 4 is 10.0 Å². The summed E-state index contributed by atoms with van der Waals surface area (Å²) in [6.45, 7) is 10.5. The minimum Gasteiger partial charge on any atom is -0.296 e. The summed E-state index contributed by atoms with van der Waals surface area (Å²) in [5.74, 6) is 0. The van der Waals surface area contributed by atoms with Crippen molar-refractivity contribution in [2.45, 2.75) is 45.2 Å². The molecule has 2 aromatic rings. The molecule has 0 unspecified atom stereocenters. The molecule has 0 bridgehead atoms. The number of piperazine rings is 1. The molecule has 2 aromatic heterocycles. The van der Waals surface area contributed by atoms with Crippen molar-refractivity contribution < 1.29 is 8.42 Å². The molecule has 0 radical (unpaired) electrons. The average molecular weight is 378 g/mol. The van der Waals surface area contributed by atoms with Crippen molar-refractivity contribution in [3.8, 4) is 0 Å². The van der Waals surface area contributed by atoms with Gasteiger partial charge in [0.2, 0.25) is 10.0 Å². The van der Waals surface area contributed by atoms with Gasteiger partial charge in [0.05, 0.1) is 5.69 Å². The molecule has 3 heterocycles. The lowest BCUT2D eigenvalue weighted by atomic mass is 10.1. The number of aromatic nitrogens is 3. The van der Waals surface area contributed by atoms with Crippen molar-refractivity contribution in [1.82, 2.24) is 24.0 Å². The lowest BCUT2D eigenvalue weighted by Crippen LogP contribution is -2.48. The molecule has 1 aliphatic heterocycles. The van der Waals surface area contributed by atoms with E-state index >= 15 is 0 Å².